The molecule has 4 nitrogen and oxygen atoms in total. The Kier molecular flexibility index (Phi) is 4.34. The van der Waals surface area contributed by atoms with Crippen molar-refractivity contribution in [3.63, 3.8) is 0 Å². The minimum Gasteiger partial charge on any atom is -0.312 e. The number of carbonyl (C=O) groups excluding carboxylic acids is 1. The number of carbonyl (C=O) groups is 1. The maximum atomic E-state index is 13.0. The van der Waals surface area contributed by atoms with Crippen molar-refractivity contribution in [1.29, 1.82) is 0 Å². The molecule has 7 heteroatoms. The van der Waals surface area contributed by atoms with Gasteiger partial charge in [0.05, 0.1) is 5.69 Å². The third-order valence-corrected chi connectivity index (χ3v) is 4.01. The SMILES string of the molecule is Cn1nc(NC=O)c(C2CC2)c1-c1ccc(F)cc1.FC1(F)CC1. The lowest BCUT2D eigenvalue weighted by atomic mass is 10.0. The van der Waals surface area contributed by atoms with E-state index in [1.165, 1.54) is 12.1 Å². The molecular weight excluding hydrogens is 319 g/mol. The molecule has 0 bridgehead atoms. The summed E-state index contributed by atoms with van der Waals surface area (Å²) in [4.78, 5) is 10.7. The van der Waals surface area contributed by atoms with Gasteiger partial charge in [-0.3, -0.25) is 9.48 Å². The smallest absolute Gasteiger partial charge is 0.248 e. The average molecular weight is 337 g/mol. The highest BCUT2D eigenvalue weighted by atomic mass is 19.3. The van der Waals surface area contributed by atoms with E-state index in [2.05, 4.69) is 10.4 Å². The lowest BCUT2D eigenvalue weighted by molar-refractivity contribution is -0.105. The molecule has 0 aliphatic heterocycles. The van der Waals surface area contributed by atoms with Crippen LogP contribution in [0, 0.1) is 5.82 Å². The van der Waals surface area contributed by atoms with Crippen LogP contribution in [-0.2, 0) is 11.8 Å². The number of aromatic nitrogens is 2. The molecule has 4 rings (SSSR count). The molecule has 24 heavy (non-hydrogen) atoms. The van der Waals surface area contributed by atoms with Crippen LogP contribution in [0.3, 0.4) is 0 Å². The van der Waals surface area contributed by atoms with Gasteiger partial charge in [0.15, 0.2) is 5.82 Å². The van der Waals surface area contributed by atoms with E-state index in [0.29, 0.717) is 18.1 Å². The number of amides is 1. The number of nitrogens with zero attached hydrogens (tertiary/aromatic N) is 2. The molecule has 2 aromatic rings. The van der Waals surface area contributed by atoms with Crippen molar-refractivity contribution in [2.24, 2.45) is 7.05 Å². The highest BCUT2D eigenvalue weighted by Gasteiger charge is 2.43. The summed E-state index contributed by atoms with van der Waals surface area (Å²) < 4.78 is 37.0. The number of nitrogens with one attached hydrogen (secondary N) is 1. The van der Waals surface area contributed by atoms with Gasteiger partial charge in [-0.1, -0.05) is 0 Å². The van der Waals surface area contributed by atoms with E-state index in [1.807, 2.05) is 7.05 Å². The van der Waals surface area contributed by atoms with E-state index in [9.17, 15) is 18.0 Å². The van der Waals surface area contributed by atoms with Crippen molar-refractivity contribution >= 4 is 12.2 Å². The van der Waals surface area contributed by atoms with Gasteiger partial charge in [0, 0.05) is 31.0 Å². The van der Waals surface area contributed by atoms with E-state index < -0.39 is 5.92 Å². The molecule has 1 aromatic heterocycles. The van der Waals surface area contributed by atoms with Crippen LogP contribution in [0.1, 0.15) is 37.2 Å². The van der Waals surface area contributed by atoms with Crippen molar-refractivity contribution in [3.05, 3.63) is 35.6 Å². The standard InChI is InChI=1S/C14H14FN3O.C3H4F2/c1-18-13(10-4-6-11(15)7-5-10)12(9-2-3-9)14(17-18)16-8-19;4-3(5)1-2-3/h4-9H,2-3H2,1H3,(H,16,17,19);1-2H2. The van der Waals surface area contributed by atoms with Crippen molar-refractivity contribution in [2.45, 2.75) is 37.5 Å². The second-order valence-electron chi connectivity index (χ2n) is 6.13. The molecule has 1 heterocycles. The fourth-order valence-electron chi connectivity index (χ4n) is 2.51. The molecule has 0 unspecified atom stereocenters. The van der Waals surface area contributed by atoms with Crippen molar-refractivity contribution in [2.75, 3.05) is 5.32 Å². The van der Waals surface area contributed by atoms with Crippen LogP contribution in [0.2, 0.25) is 0 Å². The fourth-order valence-corrected chi connectivity index (χ4v) is 2.51. The van der Waals surface area contributed by atoms with Crippen LogP contribution in [0.25, 0.3) is 11.3 Å². The molecule has 2 aliphatic rings. The Balaban J connectivity index is 0.000000290. The van der Waals surface area contributed by atoms with Gasteiger partial charge in [0.25, 0.3) is 0 Å². The highest BCUT2D eigenvalue weighted by Crippen LogP contribution is 2.47. The summed E-state index contributed by atoms with van der Waals surface area (Å²) in [6, 6.07) is 6.35. The second kappa shape index (κ2) is 6.30. The van der Waals surface area contributed by atoms with Gasteiger partial charge in [-0.2, -0.15) is 5.10 Å². The highest BCUT2D eigenvalue weighted by molar-refractivity contribution is 5.78. The summed E-state index contributed by atoms with van der Waals surface area (Å²) >= 11 is 0. The molecule has 0 atom stereocenters. The van der Waals surface area contributed by atoms with Crippen molar-refractivity contribution in [3.8, 4) is 11.3 Å². The summed E-state index contributed by atoms with van der Waals surface area (Å²) in [7, 11) is 1.83. The molecule has 1 N–H and O–H groups in total. The molecule has 0 spiro atoms. The van der Waals surface area contributed by atoms with Gasteiger partial charge in [0.2, 0.25) is 12.3 Å². The number of aryl methyl sites for hydroxylation is 1. The van der Waals surface area contributed by atoms with Crippen LogP contribution < -0.4 is 5.32 Å². The Bertz CT molecular complexity index is 730. The van der Waals surface area contributed by atoms with E-state index in [4.69, 9.17) is 0 Å². The molecule has 2 aliphatic carbocycles. The number of hydrogen-bond acceptors (Lipinski definition) is 2. The molecule has 2 fully saturated rings. The first-order valence-electron chi connectivity index (χ1n) is 7.82. The molecular formula is C17H18F3N3O. The van der Waals surface area contributed by atoms with Gasteiger partial charge >= 0.3 is 0 Å². The number of rotatable bonds is 4. The molecule has 2 saturated carbocycles. The predicted octanol–water partition coefficient (Wildman–Crippen LogP) is 4.09. The Morgan fingerprint density at radius 3 is 2.29 bits per heavy atom. The zero-order valence-corrected chi connectivity index (χ0v) is 13.2. The number of benzene rings is 1. The van der Waals surface area contributed by atoms with Gasteiger partial charge in [-0.05, 0) is 43.0 Å². The first kappa shape index (κ1) is 16.5. The lowest BCUT2D eigenvalue weighted by Crippen LogP contribution is -1.97. The van der Waals surface area contributed by atoms with Gasteiger partial charge in [0.1, 0.15) is 5.82 Å². The Morgan fingerprint density at radius 2 is 1.83 bits per heavy atom. The van der Waals surface area contributed by atoms with Crippen LogP contribution >= 0.6 is 0 Å². The maximum absolute atomic E-state index is 13.0. The largest absolute Gasteiger partial charge is 0.312 e. The lowest BCUT2D eigenvalue weighted by Gasteiger charge is -2.06. The summed E-state index contributed by atoms with van der Waals surface area (Å²) in [5, 5.41) is 6.99. The fraction of sp³-hybridized carbons (Fsp3) is 0.412. The van der Waals surface area contributed by atoms with Crippen LogP contribution in [-0.4, -0.2) is 22.1 Å². The third kappa shape index (κ3) is 3.77. The first-order valence-corrected chi connectivity index (χ1v) is 7.82. The Morgan fingerprint density at radius 1 is 1.25 bits per heavy atom. The van der Waals surface area contributed by atoms with E-state index in [1.54, 1.807) is 16.8 Å². The molecule has 0 saturated heterocycles. The first-order chi connectivity index (χ1) is 11.4. The average Bonchev–Trinajstić information content (AvgIpc) is 3.45. The number of hydrogen-bond donors (Lipinski definition) is 1. The van der Waals surface area contributed by atoms with Crippen molar-refractivity contribution in [1.82, 2.24) is 9.78 Å². The number of halogens is 3. The Labute approximate surface area is 137 Å². The molecule has 1 amide bonds. The normalized spacial score (nSPS) is 17.7. The zero-order chi connectivity index (χ0) is 17.3. The minimum absolute atomic E-state index is 0.118. The van der Waals surface area contributed by atoms with Gasteiger partial charge in [-0.25, -0.2) is 13.2 Å². The van der Waals surface area contributed by atoms with Crippen LogP contribution in [0.4, 0.5) is 19.0 Å². The third-order valence-electron chi connectivity index (χ3n) is 4.01. The quantitative estimate of drug-likeness (QED) is 0.854. The molecule has 128 valence electrons. The summed E-state index contributed by atoms with van der Waals surface area (Å²) in [6.45, 7) is 0. The maximum Gasteiger partial charge on any atom is 0.248 e. The second-order valence-corrected chi connectivity index (χ2v) is 6.13. The summed E-state index contributed by atoms with van der Waals surface area (Å²) in [5.74, 6) is -1.46. The summed E-state index contributed by atoms with van der Waals surface area (Å²) in [6.07, 6.45) is 3.09. The summed E-state index contributed by atoms with van der Waals surface area (Å²) in [5.41, 5.74) is 2.92. The van der Waals surface area contributed by atoms with Gasteiger partial charge in [-0.15, -0.1) is 0 Å². The molecule has 1 aromatic carbocycles. The topological polar surface area (TPSA) is 46.9 Å². The van der Waals surface area contributed by atoms with E-state index in [0.717, 1.165) is 29.7 Å². The van der Waals surface area contributed by atoms with Crippen LogP contribution in [0.5, 0.6) is 0 Å². The number of anilines is 1. The van der Waals surface area contributed by atoms with Crippen LogP contribution in [0.15, 0.2) is 24.3 Å². The van der Waals surface area contributed by atoms with E-state index >= 15 is 0 Å². The predicted molar refractivity (Wildman–Crippen MR) is 84.4 cm³/mol. The zero-order valence-electron chi connectivity index (χ0n) is 13.2. The molecule has 0 radical (unpaired) electrons. The Hall–Kier alpha value is -2.31. The van der Waals surface area contributed by atoms with E-state index in [-0.39, 0.29) is 18.7 Å². The number of alkyl halides is 2. The van der Waals surface area contributed by atoms with Gasteiger partial charge < -0.3 is 5.32 Å². The minimum atomic E-state index is -2.25. The monoisotopic (exact) mass is 337 g/mol. The van der Waals surface area contributed by atoms with Crippen molar-refractivity contribution < 1.29 is 18.0 Å².